The monoisotopic (exact) mass is 240 g/mol. The molecule has 1 aromatic rings. The van der Waals surface area contributed by atoms with Crippen molar-refractivity contribution in [3.8, 4) is 0 Å². The smallest absolute Gasteiger partial charge is 0.197 e. The van der Waals surface area contributed by atoms with Crippen LogP contribution < -0.4 is 16.4 Å². The Hall–Kier alpha value is -1.33. The van der Waals surface area contributed by atoms with Gasteiger partial charge in [-0.15, -0.1) is 0 Å². The zero-order valence-corrected chi connectivity index (χ0v) is 9.27. The highest BCUT2D eigenvalue weighted by molar-refractivity contribution is 7.80. The molecule has 0 aliphatic carbocycles. The summed E-state index contributed by atoms with van der Waals surface area (Å²) in [6.07, 6.45) is -0.313. The van der Waals surface area contributed by atoms with Gasteiger partial charge in [0.1, 0.15) is 0 Å². The zero-order valence-electron chi connectivity index (χ0n) is 7.70. The van der Waals surface area contributed by atoms with Crippen LogP contribution in [0.25, 0.3) is 0 Å². The van der Waals surface area contributed by atoms with Crippen molar-refractivity contribution < 1.29 is 0 Å². The third kappa shape index (κ3) is 2.19. The highest BCUT2D eigenvalue weighted by atomic mass is 35.5. The molecule has 2 rings (SSSR count). The van der Waals surface area contributed by atoms with Crippen LogP contribution >= 0.6 is 23.8 Å². The predicted molar refractivity (Wildman–Crippen MR) is 64.7 cm³/mol. The molecule has 0 fully saturated rings. The molecule has 4 nitrogen and oxygen atoms in total. The molecule has 1 aliphatic rings. The maximum absolute atomic E-state index is 6.04. The van der Waals surface area contributed by atoms with E-state index in [1.807, 2.05) is 18.2 Å². The first-order chi connectivity index (χ1) is 7.16. The number of nitrogens with zero attached hydrogens (tertiary/aromatic N) is 1. The van der Waals surface area contributed by atoms with E-state index in [1.165, 1.54) is 0 Å². The van der Waals surface area contributed by atoms with Gasteiger partial charge in [0, 0.05) is 10.6 Å². The fourth-order valence-electron chi connectivity index (χ4n) is 1.32. The lowest BCUT2D eigenvalue weighted by atomic mass is 10.2. The van der Waals surface area contributed by atoms with Crippen molar-refractivity contribution in [3.05, 3.63) is 34.9 Å². The lowest BCUT2D eigenvalue weighted by molar-refractivity contribution is 0.660. The van der Waals surface area contributed by atoms with E-state index in [0.717, 1.165) is 5.56 Å². The van der Waals surface area contributed by atoms with E-state index in [0.29, 0.717) is 16.1 Å². The number of nitrogens with one attached hydrogen (secondary N) is 2. The number of aliphatic imine (C=N–C) groups is 1. The Morgan fingerprint density at radius 2 is 2.13 bits per heavy atom. The van der Waals surface area contributed by atoms with Crippen molar-refractivity contribution in [2.75, 3.05) is 0 Å². The number of rotatable bonds is 1. The third-order valence-electron chi connectivity index (χ3n) is 1.98. The quantitative estimate of drug-likeness (QED) is 0.644. The summed E-state index contributed by atoms with van der Waals surface area (Å²) in [4.78, 5) is 4.16. The van der Waals surface area contributed by atoms with Crippen LogP contribution in [0.3, 0.4) is 0 Å². The van der Waals surface area contributed by atoms with Gasteiger partial charge in [0.25, 0.3) is 0 Å². The summed E-state index contributed by atoms with van der Waals surface area (Å²) in [7, 11) is 0. The average Bonchev–Trinajstić information content (AvgIpc) is 2.16. The molecule has 0 amide bonds. The molecule has 0 bridgehead atoms. The number of hydrogen-bond donors (Lipinski definition) is 3. The molecule has 0 unspecified atom stereocenters. The Morgan fingerprint density at radius 1 is 1.40 bits per heavy atom. The summed E-state index contributed by atoms with van der Waals surface area (Å²) in [5.41, 5.74) is 6.42. The fraction of sp³-hybridized carbons (Fsp3) is 0.111. The van der Waals surface area contributed by atoms with Crippen LogP contribution in [0, 0.1) is 0 Å². The molecular formula is C9H9ClN4S. The van der Waals surface area contributed by atoms with E-state index in [4.69, 9.17) is 29.6 Å². The second kappa shape index (κ2) is 4.04. The Labute approximate surface area is 97.5 Å². The summed E-state index contributed by atoms with van der Waals surface area (Å²) in [6.45, 7) is 0. The number of hydrogen-bond acceptors (Lipinski definition) is 3. The molecule has 0 radical (unpaired) electrons. The fourth-order valence-corrected chi connectivity index (χ4v) is 1.78. The zero-order chi connectivity index (χ0) is 10.8. The van der Waals surface area contributed by atoms with Crippen LogP contribution in [0.5, 0.6) is 0 Å². The molecule has 1 heterocycles. The Morgan fingerprint density at radius 3 is 2.80 bits per heavy atom. The number of guanidine groups is 1. The maximum atomic E-state index is 6.04. The van der Waals surface area contributed by atoms with Gasteiger partial charge in [-0.2, -0.15) is 0 Å². The van der Waals surface area contributed by atoms with Gasteiger partial charge in [-0.25, -0.2) is 4.99 Å². The summed E-state index contributed by atoms with van der Waals surface area (Å²) < 4.78 is 0. The van der Waals surface area contributed by atoms with E-state index >= 15 is 0 Å². The standard InChI is InChI=1S/C9H9ClN4S/c10-6-4-2-1-3-5(6)7-12-8(11)14-9(15)13-7/h1-4,7H,(H4,11,12,13,14,15)/t7-/m0/s1. The minimum Gasteiger partial charge on any atom is -0.370 e. The largest absolute Gasteiger partial charge is 0.370 e. The van der Waals surface area contributed by atoms with Crippen molar-refractivity contribution in [2.45, 2.75) is 6.17 Å². The van der Waals surface area contributed by atoms with Gasteiger partial charge < -0.3 is 16.4 Å². The van der Waals surface area contributed by atoms with Crippen molar-refractivity contribution >= 4 is 34.9 Å². The highest BCUT2D eigenvalue weighted by Gasteiger charge is 2.18. The minimum absolute atomic E-state index is 0.295. The van der Waals surface area contributed by atoms with Gasteiger partial charge in [-0.05, 0) is 18.3 Å². The minimum atomic E-state index is -0.313. The lowest BCUT2D eigenvalue weighted by Crippen LogP contribution is -2.49. The van der Waals surface area contributed by atoms with Crippen LogP contribution in [-0.4, -0.2) is 11.1 Å². The first-order valence-corrected chi connectivity index (χ1v) is 5.10. The molecular weight excluding hydrogens is 232 g/mol. The molecule has 0 saturated heterocycles. The molecule has 6 heteroatoms. The van der Waals surface area contributed by atoms with Crippen molar-refractivity contribution in [1.82, 2.24) is 10.6 Å². The molecule has 15 heavy (non-hydrogen) atoms. The number of nitrogens with two attached hydrogens (primary N) is 1. The van der Waals surface area contributed by atoms with Crippen LogP contribution in [0.4, 0.5) is 0 Å². The van der Waals surface area contributed by atoms with Gasteiger partial charge in [0.15, 0.2) is 17.2 Å². The van der Waals surface area contributed by atoms with Crippen LogP contribution in [0.2, 0.25) is 5.02 Å². The first-order valence-electron chi connectivity index (χ1n) is 4.32. The predicted octanol–water partition coefficient (Wildman–Crippen LogP) is 1.13. The van der Waals surface area contributed by atoms with E-state index in [-0.39, 0.29) is 6.17 Å². The maximum Gasteiger partial charge on any atom is 0.197 e. The number of benzene rings is 1. The second-order valence-electron chi connectivity index (χ2n) is 3.04. The van der Waals surface area contributed by atoms with E-state index in [2.05, 4.69) is 15.6 Å². The molecule has 1 atom stereocenters. The molecule has 0 saturated carbocycles. The van der Waals surface area contributed by atoms with E-state index < -0.39 is 0 Å². The average molecular weight is 241 g/mol. The summed E-state index contributed by atoms with van der Waals surface area (Å²) >= 11 is 11.0. The van der Waals surface area contributed by atoms with Crippen LogP contribution in [0.1, 0.15) is 11.7 Å². The molecule has 0 spiro atoms. The Balaban J connectivity index is 2.36. The molecule has 0 aromatic heterocycles. The van der Waals surface area contributed by atoms with Crippen molar-refractivity contribution in [3.63, 3.8) is 0 Å². The Bertz CT molecular complexity index is 432. The molecule has 78 valence electrons. The normalized spacial score (nSPS) is 20.2. The highest BCUT2D eigenvalue weighted by Crippen LogP contribution is 2.24. The summed E-state index contributed by atoms with van der Waals surface area (Å²) in [5.74, 6) is 0.295. The van der Waals surface area contributed by atoms with Crippen molar-refractivity contribution in [1.29, 1.82) is 0 Å². The third-order valence-corrected chi connectivity index (χ3v) is 2.54. The molecule has 1 aromatic carbocycles. The van der Waals surface area contributed by atoms with E-state index in [9.17, 15) is 0 Å². The van der Waals surface area contributed by atoms with E-state index in [1.54, 1.807) is 6.07 Å². The van der Waals surface area contributed by atoms with Gasteiger partial charge in [0.2, 0.25) is 0 Å². The topological polar surface area (TPSA) is 62.4 Å². The number of halogens is 1. The SMILES string of the molecule is NC1=N[C@H](c2ccccc2Cl)NC(=S)N1. The van der Waals surface area contributed by atoms with Crippen LogP contribution in [-0.2, 0) is 0 Å². The van der Waals surface area contributed by atoms with Gasteiger partial charge >= 0.3 is 0 Å². The summed E-state index contributed by atoms with van der Waals surface area (Å²) in [6, 6.07) is 7.43. The Kier molecular flexibility index (Phi) is 2.75. The molecule has 1 aliphatic heterocycles. The van der Waals surface area contributed by atoms with Gasteiger partial charge in [-0.3, -0.25) is 0 Å². The second-order valence-corrected chi connectivity index (χ2v) is 3.85. The first kappa shape index (κ1) is 10.2. The van der Waals surface area contributed by atoms with Crippen molar-refractivity contribution in [2.24, 2.45) is 10.7 Å². The van der Waals surface area contributed by atoms with Gasteiger partial charge in [0.05, 0.1) is 0 Å². The molecule has 4 N–H and O–H groups in total. The lowest BCUT2D eigenvalue weighted by Gasteiger charge is -2.23. The van der Waals surface area contributed by atoms with Gasteiger partial charge in [-0.1, -0.05) is 29.8 Å². The van der Waals surface area contributed by atoms with Crippen LogP contribution in [0.15, 0.2) is 29.3 Å². The number of thiocarbonyl (C=S) groups is 1. The summed E-state index contributed by atoms with van der Waals surface area (Å²) in [5, 5.41) is 6.76.